The second-order valence-electron chi connectivity index (χ2n) is 2.45. The van der Waals surface area contributed by atoms with Gasteiger partial charge in [0.2, 0.25) is 0 Å². The van der Waals surface area contributed by atoms with Gasteiger partial charge in [0.05, 0.1) is 5.56 Å². The molecule has 1 aromatic heterocycles. The molecule has 14 heavy (non-hydrogen) atoms. The molecule has 4 nitrogen and oxygen atoms in total. The van der Waals surface area contributed by atoms with Gasteiger partial charge in [-0.15, -0.1) is 0 Å². The maximum atomic E-state index is 12.0. The number of aromatic hydroxyl groups is 1. The lowest BCUT2D eigenvalue weighted by atomic mass is 10.2. The minimum absolute atomic E-state index is 0.347. The number of carbonyl (C=O) groups is 1. The van der Waals surface area contributed by atoms with Crippen LogP contribution in [-0.4, -0.2) is 16.0 Å². The van der Waals surface area contributed by atoms with Crippen LogP contribution in [0.2, 0.25) is 0 Å². The first-order chi connectivity index (χ1) is 6.32. The first-order valence-corrected chi connectivity index (χ1v) is 3.38. The zero-order valence-corrected chi connectivity index (χ0v) is 6.67. The second kappa shape index (κ2) is 3.17. The molecule has 0 bridgehead atoms. The van der Waals surface area contributed by atoms with Gasteiger partial charge in [0.25, 0.3) is 5.91 Å². The van der Waals surface area contributed by atoms with E-state index in [0.29, 0.717) is 12.3 Å². The molecule has 0 atom stereocenters. The Morgan fingerprint density at radius 3 is 2.43 bits per heavy atom. The molecule has 1 heterocycles. The summed E-state index contributed by atoms with van der Waals surface area (Å²) in [4.78, 5) is 13.5. The summed E-state index contributed by atoms with van der Waals surface area (Å²) in [7, 11) is 0. The molecule has 1 amide bonds. The van der Waals surface area contributed by atoms with Crippen LogP contribution in [0.15, 0.2) is 12.3 Å². The quantitative estimate of drug-likeness (QED) is 0.716. The Kier molecular flexibility index (Phi) is 2.33. The van der Waals surface area contributed by atoms with Crippen molar-refractivity contribution in [2.75, 3.05) is 0 Å². The van der Waals surface area contributed by atoms with Crippen molar-refractivity contribution in [3.05, 3.63) is 23.5 Å². The summed E-state index contributed by atoms with van der Waals surface area (Å²) in [5, 5.41) is 8.98. The Morgan fingerprint density at radius 2 is 2.07 bits per heavy atom. The van der Waals surface area contributed by atoms with Gasteiger partial charge in [-0.25, -0.2) is 0 Å². The highest BCUT2D eigenvalue weighted by Gasteiger charge is 2.33. The van der Waals surface area contributed by atoms with Gasteiger partial charge in [0.1, 0.15) is 11.4 Å². The first kappa shape index (κ1) is 10.3. The topological polar surface area (TPSA) is 76.2 Å². The predicted octanol–water partition coefficient (Wildman–Crippen LogP) is 0.905. The fraction of sp³-hybridized carbons (Fsp3) is 0.143. The number of aromatic nitrogens is 1. The maximum absolute atomic E-state index is 12.0. The van der Waals surface area contributed by atoms with Gasteiger partial charge in [0, 0.05) is 12.3 Å². The van der Waals surface area contributed by atoms with Gasteiger partial charge < -0.3 is 10.8 Å². The summed E-state index contributed by atoms with van der Waals surface area (Å²) in [5.74, 6) is -1.87. The lowest BCUT2D eigenvalue weighted by Crippen LogP contribution is -2.14. The minimum Gasteiger partial charge on any atom is -0.507 e. The molecule has 0 aliphatic heterocycles. The zero-order chi connectivity index (χ0) is 10.9. The minimum atomic E-state index is -4.66. The van der Waals surface area contributed by atoms with E-state index in [0.717, 1.165) is 0 Å². The van der Waals surface area contributed by atoms with E-state index in [1.165, 1.54) is 0 Å². The number of alkyl halides is 3. The van der Waals surface area contributed by atoms with Gasteiger partial charge in [-0.05, 0) is 0 Å². The van der Waals surface area contributed by atoms with Crippen molar-refractivity contribution >= 4 is 5.91 Å². The highest BCUT2D eigenvalue weighted by atomic mass is 19.4. The Balaban J connectivity index is 3.20. The molecule has 0 aliphatic rings. The number of nitrogens with zero attached hydrogens (tertiary/aromatic N) is 1. The van der Waals surface area contributed by atoms with Crippen LogP contribution in [0.5, 0.6) is 5.75 Å². The molecule has 0 radical (unpaired) electrons. The SMILES string of the molecule is NC(=O)c1cnc(C(F)(F)F)cc1O. The van der Waals surface area contributed by atoms with Gasteiger partial charge in [-0.1, -0.05) is 0 Å². The number of rotatable bonds is 1. The monoisotopic (exact) mass is 206 g/mol. The third-order valence-electron chi connectivity index (χ3n) is 1.44. The molecule has 7 heteroatoms. The van der Waals surface area contributed by atoms with Gasteiger partial charge in [-0.3, -0.25) is 9.78 Å². The summed E-state index contributed by atoms with van der Waals surface area (Å²) >= 11 is 0. The number of amides is 1. The predicted molar refractivity (Wildman–Crippen MR) is 39.4 cm³/mol. The van der Waals surface area contributed by atoms with Crippen molar-refractivity contribution in [2.24, 2.45) is 5.73 Å². The summed E-state index contributed by atoms with van der Waals surface area (Å²) in [6.07, 6.45) is -4.08. The van der Waals surface area contributed by atoms with Crippen LogP contribution >= 0.6 is 0 Å². The molecule has 0 saturated heterocycles. The normalized spacial score (nSPS) is 11.4. The van der Waals surface area contributed by atoms with Crippen LogP contribution in [0.4, 0.5) is 13.2 Å². The third-order valence-corrected chi connectivity index (χ3v) is 1.44. The van der Waals surface area contributed by atoms with E-state index in [1.54, 1.807) is 0 Å². The molecule has 1 aromatic rings. The van der Waals surface area contributed by atoms with Crippen LogP contribution < -0.4 is 5.73 Å². The highest BCUT2D eigenvalue weighted by molar-refractivity contribution is 5.95. The van der Waals surface area contributed by atoms with E-state index in [9.17, 15) is 18.0 Å². The van der Waals surface area contributed by atoms with Crippen molar-refractivity contribution in [3.8, 4) is 5.75 Å². The van der Waals surface area contributed by atoms with E-state index < -0.39 is 29.1 Å². The standard InChI is InChI=1S/C7H5F3N2O2/c8-7(9,10)5-1-4(13)3(2-12-5)6(11)14/h1-2H,(H2,11,14)(H,12,13). The molecule has 0 fully saturated rings. The second-order valence-corrected chi connectivity index (χ2v) is 2.45. The van der Waals surface area contributed by atoms with Crippen LogP contribution in [0.1, 0.15) is 16.1 Å². The molecule has 0 saturated carbocycles. The van der Waals surface area contributed by atoms with E-state index >= 15 is 0 Å². The lowest BCUT2D eigenvalue weighted by molar-refractivity contribution is -0.141. The molecule has 76 valence electrons. The number of nitrogens with two attached hydrogens (primary N) is 1. The number of hydrogen-bond acceptors (Lipinski definition) is 3. The van der Waals surface area contributed by atoms with Gasteiger partial charge in [0.15, 0.2) is 0 Å². The lowest BCUT2D eigenvalue weighted by Gasteiger charge is -2.06. The number of pyridine rings is 1. The van der Waals surface area contributed by atoms with Crippen LogP contribution in [0.3, 0.4) is 0 Å². The smallest absolute Gasteiger partial charge is 0.433 e. The van der Waals surface area contributed by atoms with Gasteiger partial charge in [-0.2, -0.15) is 13.2 Å². The largest absolute Gasteiger partial charge is 0.507 e. The number of primary amides is 1. The van der Waals surface area contributed by atoms with E-state index in [2.05, 4.69) is 4.98 Å². The maximum Gasteiger partial charge on any atom is 0.433 e. The van der Waals surface area contributed by atoms with Crippen molar-refractivity contribution in [3.63, 3.8) is 0 Å². The number of hydrogen-bond donors (Lipinski definition) is 2. The zero-order valence-electron chi connectivity index (χ0n) is 6.67. The first-order valence-electron chi connectivity index (χ1n) is 3.38. The molecule has 0 spiro atoms. The Hall–Kier alpha value is -1.79. The fourth-order valence-electron chi connectivity index (χ4n) is 0.790. The van der Waals surface area contributed by atoms with Crippen LogP contribution in [0, 0.1) is 0 Å². The summed E-state index contributed by atoms with van der Waals surface area (Å²) in [5.41, 5.74) is 3.03. The van der Waals surface area contributed by atoms with E-state index in [4.69, 9.17) is 10.8 Å². The van der Waals surface area contributed by atoms with Crippen LogP contribution in [0.25, 0.3) is 0 Å². The van der Waals surface area contributed by atoms with Crippen molar-refractivity contribution < 1.29 is 23.1 Å². The molecule has 1 rings (SSSR count). The third kappa shape index (κ3) is 1.93. The Morgan fingerprint density at radius 1 is 1.50 bits per heavy atom. The fourth-order valence-corrected chi connectivity index (χ4v) is 0.790. The molecular weight excluding hydrogens is 201 g/mol. The van der Waals surface area contributed by atoms with Crippen molar-refractivity contribution in [1.82, 2.24) is 4.98 Å². The molecular formula is C7H5F3N2O2. The Bertz CT molecular complexity index is 376. The average Bonchev–Trinajstić information content (AvgIpc) is 2.01. The van der Waals surface area contributed by atoms with Crippen molar-refractivity contribution in [1.29, 1.82) is 0 Å². The van der Waals surface area contributed by atoms with E-state index in [1.807, 2.05) is 0 Å². The molecule has 3 N–H and O–H groups in total. The number of halogens is 3. The van der Waals surface area contributed by atoms with Crippen LogP contribution in [-0.2, 0) is 6.18 Å². The Labute approximate surface area is 76.2 Å². The molecule has 0 unspecified atom stereocenters. The summed E-state index contributed by atoms with van der Waals surface area (Å²) in [6.45, 7) is 0. The molecule has 0 aromatic carbocycles. The van der Waals surface area contributed by atoms with Gasteiger partial charge >= 0.3 is 6.18 Å². The average molecular weight is 206 g/mol. The van der Waals surface area contributed by atoms with Crippen molar-refractivity contribution in [2.45, 2.75) is 6.18 Å². The summed E-state index contributed by atoms with van der Waals surface area (Å²) < 4.78 is 36.0. The van der Waals surface area contributed by atoms with E-state index in [-0.39, 0.29) is 0 Å². The summed E-state index contributed by atoms with van der Waals surface area (Å²) in [6, 6.07) is 0.347. The number of carbonyl (C=O) groups excluding carboxylic acids is 1. The highest BCUT2D eigenvalue weighted by Crippen LogP contribution is 2.30. The molecule has 0 aliphatic carbocycles.